The molecule has 3 nitrogen and oxygen atoms in total. The molecule has 2 aromatic carbocycles. The number of allylic oxidation sites excluding steroid dienone is 1. The van der Waals surface area contributed by atoms with Crippen LogP contribution in [0.15, 0.2) is 81.4 Å². The molecule has 0 fully saturated rings. The van der Waals surface area contributed by atoms with E-state index in [1.807, 2.05) is 10.6 Å². The molecule has 1 aliphatic carbocycles. The fourth-order valence-electron chi connectivity index (χ4n) is 4.85. The zero-order valence-electron chi connectivity index (χ0n) is 18.6. The molecule has 1 aliphatic heterocycles. The van der Waals surface area contributed by atoms with Gasteiger partial charge in [0.15, 0.2) is 4.80 Å². The fraction of sp³-hybridized carbons (Fsp3) is 0.214. The summed E-state index contributed by atoms with van der Waals surface area (Å²) in [5, 5.41) is 2.10. The number of hydrogen-bond donors (Lipinski definition) is 0. The summed E-state index contributed by atoms with van der Waals surface area (Å²) in [7, 11) is 0. The number of thiophene rings is 1. The molecule has 5 heteroatoms. The van der Waals surface area contributed by atoms with Crippen molar-refractivity contribution in [1.29, 1.82) is 0 Å². The Morgan fingerprint density at radius 1 is 1.03 bits per heavy atom. The van der Waals surface area contributed by atoms with Crippen LogP contribution in [0.1, 0.15) is 59.4 Å². The second-order valence-corrected chi connectivity index (χ2v) is 10.9. The topological polar surface area (TPSA) is 34.4 Å². The number of fused-ring (bicyclic) bond motifs is 3. The van der Waals surface area contributed by atoms with Crippen molar-refractivity contribution in [3.05, 3.63) is 118 Å². The quantitative estimate of drug-likeness (QED) is 0.391. The van der Waals surface area contributed by atoms with Gasteiger partial charge in [-0.15, -0.1) is 11.3 Å². The summed E-state index contributed by atoms with van der Waals surface area (Å²) in [6.07, 6.45) is 3.92. The van der Waals surface area contributed by atoms with Gasteiger partial charge in [-0.2, -0.15) is 0 Å². The van der Waals surface area contributed by atoms with Crippen molar-refractivity contribution >= 4 is 34.4 Å². The molecule has 6 rings (SSSR count). The molecule has 0 amide bonds. The standard InChI is InChI=1S/C28H24N2OS2/c1-17(2)19-11-9-18(10-12-19)16-24-27(31)30-26(23-8-5-15-32-23)22-14-13-20-6-3-4-7-21(20)25(22)29-28(30)33-24/h3-12,15-17,26H,13-14H2,1-2H3/b24-16+/t26-/m0/s1. The summed E-state index contributed by atoms with van der Waals surface area (Å²) in [5.41, 5.74) is 7.27. The van der Waals surface area contributed by atoms with E-state index in [9.17, 15) is 4.79 Å². The third-order valence-corrected chi connectivity index (χ3v) is 8.49. The van der Waals surface area contributed by atoms with E-state index >= 15 is 0 Å². The van der Waals surface area contributed by atoms with Crippen LogP contribution in [0, 0.1) is 0 Å². The van der Waals surface area contributed by atoms with Gasteiger partial charge in [0, 0.05) is 10.4 Å². The zero-order chi connectivity index (χ0) is 22.5. The van der Waals surface area contributed by atoms with Gasteiger partial charge in [-0.3, -0.25) is 9.36 Å². The van der Waals surface area contributed by atoms with E-state index in [0.717, 1.165) is 33.4 Å². The Kier molecular flexibility index (Phi) is 5.04. The van der Waals surface area contributed by atoms with E-state index in [-0.39, 0.29) is 11.6 Å². The molecule has 2 aliphatic rings. The van der Waals surface area contributed by atoms with Crippen LogP contribution in [0.4, 0.5) is 0 Å². The number of nitrogens with zero attached hydrogens (tertiary/aromatic N) is 2. The van der Waals surface area contributed by atoms with Gasteiger partial charge in [0.2, 0.25) is 0 Å². The van der Waals surface area contributed by atoms with Crippen molar-refractivity contribution in [2.24, 2.45) is 4.99 Å². The van der Waals surface area contributed by atoms with Gasteiger partial charge in [0.05, 0.1) is 16.3 Å². The van der Waals surface area contributed by atoms with E-state index in [2.05, 4.69) is 79.9 Å². The predicted octanol–water partition coefficient (Wildman–Crippen LogP) is 5.50. The van der Waals surface area contributed by atoms with E-state index in [1.54, 1.807) is 11.3 Å². The van der Waals surface area contributed by atoms with Crippen molar-refractivity contribution in [2.45, 2.75) is 38.6 Å². The highest BCUT2D eigenvalue weighted by Crippen LogP contribution is 2.42. The van der Waals surface area contributed by atoms with Crippen LogP contribution >= 0.6 is 22.7 Å². The van der Waals surface area contributed by atoms with Gasteiger partial charge in [0.1, 0.15) is 0 Å². The molecule has 0 saturated heterocycles. The number of aryl methyl sites for hydroxylation is 1. The van der Waals surface area contributed by atoms with Crippen molar-refractivity contribution in [1.82, 2.24) is 4.57 Å². The number of thiazole rings is 1. The lowest BCUT2D eigenvalue weighted by Gasteiger charge is -2.30. The first-order chi connectivity index (χ1) is 16.1. The highest BCUT2D eigenvalue weighted by Gasteiger charge is 2.32. The number of benzene rings is 2. The zero-order valence-corrected chi connectivity index (χ0v) is 20.2. The molecule has 0 spiro atoms. The van der Waals surface area contributed by atoms with Gasteiger partial charge in [-0.1, -0.05) is 79.8 Å². The van der Waals surface area contributed by atoms with Crippen LogP contribution < -0.4 is 14.9 Å². The average Bonchev–Trinajstić information content (AvgIpc) is 3.47. The van der Waals surface area contributed by atoms with E-state index in [0.29, 0.717) is 5.92 Å². The van der Waals surface area contributed by atoms with Crippen LogP contribution in [-0.2, 0) is 6.42 Å². The first kappa shape index (κ1) is 20.6. The van der Waals surface area contributed by atoms with Crippen LogP contribution in [0.25, 0.3) is 11.8 Å². The number of rotatable bonds is 3. The van der Waals surface area contributed by atoms with Gasteiger partial charge in [-0.25, -0.2) is 4.99 Å². The summed E-state index contributed by atoms with van der Waals surface area (Å²) in [4.78, 5) is 20.7. The molecule has 4 aromatic rings. The van der Waals surface area contributed by atoms with E-state index < -0.39 is 0 Å². The Bertz CT molecular complexity index is 1550. The lowest BCUT2D eigenvalue weighted by atomic mass is 9.85. The minimum Gasteiger partial charge on any atom is -0.271 e. The third-order valence-electron chi connectivity index (χ3n) is 6.59. The van der Waals surface area contributed by atoms with Crippen molar-refractivity contribution in [3.8, 4) is 0 Å². The first-order valence-corrected chi connectivity index (χ1v) is 13.1. The highest BCUT2D eigenvalue weighted by molar-refractivity contribution is 7.10. The molecule has 1 atom stereocenters. The van der Waals surface area contributed by atoms with Crippen LogP contribution in [0.2, 0.25) is 0 Å². The summed E-state index contributed by atoms with van der Waals surface area (Å²) in [6, 6.07) is 21.2. The molecule has 3 heterocycles. The second-order valence-electron chi connectivity index (χ2n) is 8.95. The Hall–Kier alpha value is -3.02. The van der Waals surface area contributed by atoms with Crippen LogP contribution in [0.3, 0.4) is 0 Å². The monoisotopic (exact) mass is 468 g/mol. The van der Waals surface area contributed by atoms with Gasteiger partial charge < -0.3 is 0 Å². The minimum absolute atomic E-state index is 0.0514. The van der Waals surface area contributed by atoms with Gasteiger partial charge in [-0.05, 0) is 58.5 Å². The smallest absolute Gasteiger partial charge is 0.271 e. The Morgan fingerprint density at radius 2 is 1.85 bits per heavy atom. The largest absolute Gasteiger partial charge is 0.271 e. The lowest BCUT2D eigenvalue weighted by Crippen LogP contribution is -2.38. The molecule has 33 heavy (non-hydrogen) atoms. The minimum atomic E-state index is -0.0740. The average molecular weight is 469 g/mol. The Morgan fingerprint density at radius 3 is 2.61 bits per heavy atom. The first-order valence-electron chi connectivity index (χ1n) is 11.4. The van der Waals surface area contributed by atoms with Crippen LogP contribution in [-0.4, -0.2) is 4.57 Å². The Labute approximate surface area is 200 Å². The molecule has 0 unspecified atom stereocenters. The fourth-order valence-corrected chi connectivity index (χ4v) is 6.70. The summed E-state index contributed by atoms with van der Waals surface area (Å²) >= 11 is 3.21. The number of aromatic nitrogens is 1. The highest BCUT2D eigenvalue weighted by atomic mass is 32.1. The van der Waals surface area contributed by atoms with Crippen LogP contribution in [0.5, 0.6) is 0 Å². The third kappa shape index (κ3) is 3.47. The predicted molar refractivity (Wildman–Crippen MR) is 138 cm³/mol. The van der Waals surface area contributed by atoms with E-state index in [4.69, 9.17) is 4.99 Å². The van der Waals surface area contributed by atoms with E-state index in [1.165, 1.54) is 38.5 Å². The van der Waals surface area contributed by atoms with Crippen molar-refractivity contribution < 1.29 is 0 Å². The normalized spacial score (nSPS) is 17.5. The van der Waals surface area contributed by atoms with Gasteiger partial charge in [0.25, 0.3) is 5.56 Å². The SMILES string of the molecule is CC(C)c1ccc(/C=c2/sc3n(c2=O)[C@H](c2cccs2)C2=C(N=3)c3ccccc3CC2)cc1. The molecule has 0 N–H and O–H groups in total. The molecule has 164 valence electrons. The maximum absolute atomic E-state index is 13.7. The second kappa shape index (κ2) is 8.08. The molecular formula is C28H24N2OS2. The number of hydrogen-bond acceptors (Lipinski definition) is 4. The maximum Gasteiger partial charge on any atom is 0.271 e. The van der Waals surface area contributed by atoms with Crippen molar-refractivity contribution in [2.75, 3.05) is 0 Å². The van der Waals surface area contributed by atoms with Crippen molar-refractivity contribution in [3.63, 3.8) is 0 Å². The maximum atomic E-state index is 13.7. The molecular weight excluding hydrogens is 444 g/mol. The summed E-state index contributed by atoms with van der Waals surface area (Å²) < 4.78 is 2.66. The molecule has 0 saturated carbocycles. The molecule has 2 aromatic heterocycles. The van der Waals surface area contributed by atoms with Gasteiger partial charge >= 0.3 is 0 Å². The Balaban J connectivity index is 1.56. The summed E-state index contributed by atoms with van der Waals surface area (Å²) in [6.45, 7) is 4.38. The molecule has 0 radical (unpaired) electrons. The lowest BCUT2D eigenvalue weighted by molar-refractivity contribution is 0.593. The molecule has 0 bridgehead atoms. The summed E-state index contributed by atoms with van der Waals surface area (Å²) in [5.74, 6) is 0.490.